The molecule has 1 aromatic heterocycles. The molecule has 0 unspecified atom stereocenters. The lowest BCUT2D eigenvalue weighted by atomic mass is 10.4. The van der Waals surface area contributed by atoms with Gasteiger partial charge in [-0.25, -0.2) is 4.79 Å². The molecule has 0 bridgehead atoms. The molecule has 0 amide bonds. The molecule has 5 nitrogen and oxygen atoms in total. The Morgan fingerprint density at radius 3 is 2.62 bits per heavy atom. The predicted octanol–water partition coefficient (Wildman–Crippen LogP) is -0.106. The van der Waals surface area contributed by atoms with Crippen LogP contribution in [0.15, 0.2) is 15.7 Å². The molecule has 0 radical (unpaired) electrons. The Bertz CT molecular complexity index is 403. The molecule has 0 fully saturated rings. The number of hydrogen-bond donors (Lipinski definition) is 2. The second-order valence-corrected chi connectivity index (χ2v) is 3.18. The van der Waals surface area contributed by atoms with Gasteiger partial charge in [0.2, 0.25) is 0 Å². The van der Waals surface area contributed by atoms with Gasteiger partial charge in [0.1, 0.15) is 5.82 Å². The first-order chi connectivity index (χ1) is 6.00. The topological polar surface area (TPSA) is 66.9 Å². The van der Waals surface area contributed by atoms with E-state index in [0.29, 0.717) is 5.82 Å². The molecule has 2 N–H and O–H groups in total. The number of anilines is 1. The molecule has 0 spiro atoms. The number of nitrogens with one attached hydrogen (secondary N) is 2. The van der Waals surface area contributed by atoms with Crippen LogP contribution in [0.1, 0.15) is 13.8 Å². The van der Waals surface area contributed by atoms with Crippen molar-refractivity contribution in [1.82, 2.24) is 9.55 Å². The van der Waals surface area contributed by atoms with Gasteiger partial charge in [0.25, 0.3) is 5.56 Å². The Morgan fingerprint density at radius 1 is 1.46 bits per heavy atom. The zero-order chi connectivity index (χ0) is 10.0. The third-order valence-corrected chi connectivity index (χ3v) is 1.60. The second kappa shape index (κ2) is 3.47. The fourth-order valence-corrected chi connectivity index (χ4v) is 0.990. The zero-order valence-electron chi connectivity index (χ0n) is 7.92. The van der Waals surface area contributed by atoms with Crippen LogP contribution in [0.3, 0.4) is 0 Å². The van der Waals surface area contributed by atoms with E-state index < -0.39 is 5.69 Å². The fraction of sp³-hybridized carbons (Fsp3) is 0.500. The summed E-state index contributed by atoms with van der Waals surface area (Å²) >= 11 is 0. The minimum absolute atomic E-state index is 0.187. The lowest BCUT2D eigenvalue weighted by molar-refractivity contribution is 0.776. The highest BCUT2D eigenvalue weighted by atomic mass is 16.2. The van der Waals surface area contributed by atoms with E-state index in [0.717, 1.165) is 0 Å². The van der Waals surface area contributed by atoms with Gasteiger partial charge in [-0.3, -0.25) is 14.3 Å². The molecular formula is C8H13N3O2. The molecule has 0 saturated heterocycles. The number of H-pyrrole nitrogens is 1. The molecule has 0 aliphatic carbocycles. The highest BCUT2D eigenvalue weighted by Crippen LogP contribution is 1.99. The molecule has 0 aromatic carbocycles. The highest BCUT2D eigenvalue weighted by Gasteiger charge is 2.02. The highest BCUT2D eigenvalue weighted by molar-refractivity contribution is 5.34. The van der Waals surface area contributed by atoms with Crippen LogP contribution in [0, 0.1) is 0 Å². The van der Waals surface area contributed by atoms with Crippen molar-refractivity contribution >= 4 is 5.82 Å². The van der Waals surface area contributed by atoms with Gasteiger partial charge in [-0.15, -0.1) is 0 Å². The first-order valence-electron chi connectivity index (χ1n) is 4.07. The lowest BCUT2D eigenvalue weighted by Gasteiger charge is -2.12. The zero-order valence-corrected chi connectivity index (χ0v) is 7.92. The maximum atomic E-state index is 11.1. The van der Waals surface area contributed by atoms with Gasteiger partial charge in [-0.05, 0) is 13.8 Å². The Kier molecular flexibility index (Phi) is 2.55. The summed E-state index contributed by atoms with van der Waals surface area (Å²) in [5.74, 6) is 0.531. The summed E-state index contributed by atoms with van der Waals surface area (Å²) in [7, 11) is 1.60. The molecule has 1 rings (SSSR count). The minimum Gasteiger partial charge on any atom is -0.369 e. The maximum absolute atomic E-state index is 11.1. The lowest BCUT2D eigenvalue weighted by Crippen LogP contribution is -2.30. The third-order valence-electron chi connectivity index (χ3n) is 1.60. The molecule has 0 atom stereocenters. The quantitative estimate of drug-likeness (QED) is 0.672. The number of hydrogen-bond acceptors (Lipinski definition) is 3. The van der Waals surface area contributed by atoms with Crippen LogP contribution < -0.4 is 16.6 Å². The normalized spacial score (nSPS) is 10.5. The number of nitrogens with zero attached hydrogens (tertiary/aromatic N) is 1. The van der Waals surface area contributed by atoms with Crippen molar-refractivity contribution in [2.24, 2.45) is 7.05 Å². The molecule has 5 heteroatoms. The molecule has 72 valence electrons. The number of aromatic amines is 1. The Balaban J connectivity index is 3.21. The summed E-state index contributed by atoms with van der Waals surface area (Å²) in [6, 6.07) is 1.55. The van der Waals surface area contributed by atoms with Crippen molar-refractivity contribution in [3.63, 3.8) is 0 Å². The van der Waals surface area contributed by atoms with E-state index in [9.17, 15) is 9.59 Å². The second-order valence-electron chi connectivity index (χ2n) is 3.18. The van der Waals surface area contributed by atoms with Crippen molar-refractivity contribution in [3.05, 3.63) is 26.9 Å². The molecular weight excluding hydrogens is 170 g/mol. The van der Waals surface area contributed by atoms with Gasteiger partial charge in [0, 0.05) is 19.2 Å². The van der Waals surface area contributed by atoms with Crippen LogP contribution in [-0.2, 0) is 7.05 Å². The summed E-state index contributed by atoms with van der Waals surface area (Å²) in [5.41, 5.74) is -0.790. The Labute approximate surface area is 75.4 Å². The third kappa shape index (κ3) is 2.21. The molecule has 0 saturated carbocycles. The van der Waals surface area contributed by atoms with Crippen molar-refractivity contribution in [2.75, 3.05) is 5.32 Å². The largest absolute Gasteiger partial charge is 0.369 e. The van der Waals surface area contributed by atoms with E-state index in [1.54, 1.807) is 7.05 Å². The maximum Gasteiger partial charge on any atom is 0.329 e. The van der Waals surface area contributed by atoms with E-state index >= 15 is 0 Å². The molecule has 13 heavy (non-hydrogen) atoms. The van der Waals surface area contributed by atoms with E-state index in [-0.39, 0.29) is 11.6 Å². The van der Waals surface area contributed by atoms with Gasteiger partial charge < -0.3 is 5.32 Å². The average Bonchev–Trinajstić information content (AvgIpc) is 1.98. The van der Waals surface area contributed by atoms with E-state index in [1.807, 2.05) is 13.8 Å². The number of aromatic nitrogens is 2. The smallest absolute Gasteiger partial charge is 0.329 e. The molecule has 0 aliphatic rings. The number of rotatable bonds is 2. The van der Waals surface area contributed by atoms with Crippen molar-refractivity contribution in [2.45, 2.75) is 19.9 Å². The van der Waals surface area contributed by atoms with E-state index in [4.69, 9.17) is 0 Å². The average molecular weight is 183 g/mol. The van der Waals surface area contributed by atoms with Crippen LogP contribution in [-0.4, -0.2) is 15.6 Å². The van der Waals surface area contributed by atoms with Gasteiger partial charge >= 0.3 is 5.69 Å². The molecule has 1 heterocycles. The Hall–Kier alpha value is -1.52. The first-order valence-corrected chi connectivity index (χ1v) is 4.07. The van der Waals surface area contributed by atoms with Gasteiger partial charge in [-0.1, -0.05) is 0 Å². The van der Waals surface area contributed by atoms with Crippen molar-refractivity contribution < 1.29 is 0 Å². The first kappa shape index (κ1) is 9.57. The summed E-state index contributed by atoms with van der Waals surface area (Å²) in [5, 5.41) is 3.00. The summed E-state index contributed by atoms with van der Waals surface area (Å²) in [6.45, 7) is 3.87. The summed E-state index contributed by atoms with van der Waals surface area (Å²) in [6.07, 6.45) is 0. The van der Waals surface area contributed by atoms with E-state index in [1.165, 1.54) is 10.6 Å². The van der Waals surface area contributed by atoms with Crippen LogP contribution in [0.25, 0.3) is 0 Å². The monoisotopic (exact) mass is 183 g/mol. The van der Waals surface area contributed by atoms with Crippen molar-refractivity contribution in [3.8, 4) is 0 Å². The fourth-order valence-electron chi connectivity index (χ4n) is 0.990. The predicted molar refractivity (Wildman–Crippen MR) is 51.1 cm³/mol. The van der Waals surface area contributed by atoms with Crippen LogP contribution in [0.5, 0.6) is 0 Å². The van der Waals surface area contributed by atoms with Crippen LogP contribution in [0.2, 0.25) is 0 Å². The van der Waals surface area contributed by atoms with Gasteiger partial charge in [0.15, 0.2) is 0 Å². The standard InChI is InChI=1S/C8H13N3O2/c1-5(2)9-6-4-7(12)10-8(13)11(6)3/h4-5,9H,1-3H3,(H,10,12,13). The van der Waals surface area contributed by atoms with Crippen molar-refractivity contribution in [1.29, 1.82) is 0 Å². The van der Waals surface area contributed by atoms with Gasteiger partial charge in [-0.2, -0.15) is 0 Å². The summed E-state index contributed by atoms with van der Waals surface area (Å²) < 4.78 is 1.36. The molecule has 1 aromatic rings. The van der Waals surface area contributed by atoms with Crippen LogP contribution >= 0.6 is 0 Å². The van der Waals surface area contributed by atoms with Gasteiger partial charge in [0.05, 0.1) is 0 Å². The minimum atomic E-state index is -0.407. The molecule has 0 aliphatic heterocycles. The summed E-state index contributed by atoms with van der Waals surface area (Å²) in [4.78, 5) is 24.2. The van der Waals surface area contributed by atoms with Crippen LogP contribution in [0.4, 0.5) is 5.82 Å². The Morgan fingerprint density at radius 2 is 2.08 bits per heavy atom. The SMILES string of the molecule is CC(C)Nc1cc(=O)[nH]c(=O)n1C. The van der Waals surface area contributed by atoms with E-state index in [2.05, 4.69) is 10.3 Å².